The van der Waals surface area contributed by atoms with Crippen LogP contribution in [0.3, 0.4) is 0 Å². The largest absolute Gasteiger partial charge is 0.289 e. The van der Waals surface area contributed by atoms with Crippen molar-refractivity contribution in [3.8, 4) is 0 Å². The minimum absolute atomic E-state index is 0.0119. The molecule has 0 saturated heterocycles. The van der Waals surface area contributed by atoms with Crippen LogP contribution in [0.1, 0.15) is 34.0 Å². The summed E-state index contributed by atoms with van der Waals surface area (Å²) in [5.74, 6) is 0.0119. The second kappa shape index (κ2) is 5.56. The van der Waals surface area contributed by atoms with Gasteiger partial charge >= 0.3 is 0 Å². The first kappa shape index (κ1) is 14.2. The van der Waals surface area contributed by atoms with E-state index < -0.39 is 0 Å². The molecule has 0 radical (unpaired) electrons. The standard InChI is InChI=1S/C18H15NO3/c1-2-13-8-7-12(10-17(13)19(21)22)9-15-11-14-5-3-4-6-16(14)18(15)20/h3-10H,2,11H2,1H3/b15-9+. The summed E-state index contributed by atoms with van der Waals surface area (Å²) < 4.78 is 0. The Morgan fingerprint density at radius 1 is 1.23 bits per heavy atom. The molecule has 22 heavy (non-hydrogen) atoms. The van der Waals surface area contributed by atoms with Crippen LogP contribution in [0.15, 0.2) is 48.0 Å². The van der Waals surface area contributed by atoms with Crippen molar-refractivity contribution in [1.29, 1.82) is 0 Å². The van der Waals surface area contributed by atoms with Crippen molar-refractivity contribution < 1.29 is 9.72 Å². The van der Waals surface area contributed by atoms with E-state index >= 15 is 0 Å². The molecule has 0 unspecified atom stereocenters. The van der Waals surface area contributed by atoms with Crippen molar-refractivity contribution in [3.63, 3.8) is 0 Å². The Bertz CT molecular complexity index is 806. The number of nitro benzene ring substituents is 1. The highest BCUT2D eigenvalue weighted by Crippen LogP contribution is 2.29. The van der Waals surface area contributed by atoms with Crippen molar-refractivity contribution in [3.05, 3.63) is 80.4 Å². The third kappa shape index (κ3) is 2.44. The number of hydrogen-bond acceptors (Lipinski definition) is 3. The first-order valence-corrected chi connectivity index (χ1v) is 7.20. The van der Waals surface area contributed by atoms with Crippen LogP contribution in [0.5, 0.6) is 0 Å². The fourth-order valence-electron chi connectivity index (χ4n) is 2.81. The molecule has 0 fully saturated rings. The highest BCUT2D eigenvalue weighted by atomic mass is 16.6. The van der Waals surface area contributed by atoms with Crippen molar-refractivity contribution in [2.24, 2.45) is 0 Å². The van der Waals surface area contributed by atoms with Crippen LogP contribution in [0.25, 0.3) is 6.08 Å². The van der Waals surface area contributed by atoms with Crippen molar-refractivity contribution >= 4 is 17.5 Å². The molecule has 4 nitrogen and oxygen atoms in total. The number of nitrogens with zero attached hydrogens (tertiary/aromatic N) is 1. The molecular formula is C18H15NO3. The van der Waals surface area contributed by atoms with E-state index in [1.165, 1.54) is 0 Å². The van der Waals surface area contributed by atoms with Crippen LogP contribution in [0, 0.1) is 10.1 Å². The monoisotopic (exact) mass is 293 g/mol. The number of hydrogen-bond donors (Lipinski definition) is 0. The van der Waals surface area contributed by atoms with Crippen LogP contribution in [-0.4, -0.2) is 10.7 Å². The van der Waals surface area contributed by atoms with Gasteiger partial charge in [-0.3, -0.25) is 14.9 Å². The topological polar surface area (TPSA) is 60.2 Å². The van der Waals surface area contributed by atoms with Gasteiger partial charge in [-0.05, 0) is 23.6 Å². The number of benzene rings is 2. The smallest absolute Gasteiger partial charge is 0.273 e. The number of ketones is 1. The predicted octanol–water partition coefficient (Wildman–Crippen LogP) is 3.98. The molecule has 4 heteroatoms. The quantitative estimate of drug-likeness (QED) is 0.488. The van der Waals surface area contributed by atoms with E-state index in [0.29, 0.717) is 29.5 Å². The Morgan fingerprint density at radius 3 is 2.68 bits per heavy atom. The number of aryl methyl sites for hydroxylation is 1. The molecule has 1 aliphatic carbocycles. The zero-order chi connectivity index (χ0) is 15.7. The number of nitro groups is 1. The molecule has 0 heterocycles. The maximum Gasteiger partial charge on any atom is 0.273 e. The van der Waals surface area contributed by atoms with Gasteiger partial charge in [0.15, 0.2) is 5.78 Å². The van der Waals surface area contributed by atoms with Crippen molar-refractivity contribution in [1.82, 2.24) is 0 Å². The Morgan fingerprint density at radius 2 is 2.00 bits per heavy atom. The summed E-state index contributed by atoms with van der Waals surface area (Å²) >= 11 is 0. The number of carbonyl (C=O) groups is 1. The Hall–Kier alpha value is -2.75. The lowest BCUT2D eigenvalue weighted by Crippen LogP contribution is -1.97. The Labute approximate surface area is 128 Å². The summed E-state index contributed by atoms with van der Waals surface area (Å²) in [5.41, 5.74) is 3.93. The third-order valence-electron chi connectivity index (χ3n) is 3.96. The Balaban J connectivity index is 1.99. The summed E-state index contributed by atoms with van der Waals surface area (Å²) in [4.78, 5) is 23.1. The SMILES string of the molecule is CCc1ccc(/C=C2\Cc3ccccc3C2=O)cc1[N+](=O)[O-]. The lowest BCUT2D eigenvalue weighted by Gasteiger charge is -2.02. The fourth-order valence-corrected chi connectivity index (χ4v) is 2.81. The van der Waals surface area contributed by atoms with Gasteiger partial charge in [-0.15, -0.1) is 0 Å². The van der Waals surface area contributed by atoms with Crippen LogP contribution < -0.4 is 0 Å². The van der Waals surface area contributed by atoms with Gasteiger partial charge in [-0.1, -0.05) is 43.3 Å². The van der Waals surface area contributed by atoms with Gasteiger partial charge in [0.1, 0.15) is 0 Å². The van der Waals surface area contributed by atoms with Crippen molar-refractivity contribution in [2.75, 3.05) is 0 Å². The van der Waals surface area contributed by atoms with Crippen molar-refractivity contribution in [2.45, 2.75) is 19.8 Å². The predicted molar refractivity (Wildman–Crippen MR) is 84.9 cm³/mol. The maximum absolute atomic E-state index is 12.3. The molecule has 1 aliphatic rings. The number of fused-ring (bicyclic) bond motifs is 1. The molecule has 0 spiro atoms. The van der Waals surface area contributed by atoms with Crippen LogP contribution >= 0.6 is 0 Å². The number of Topliss-reactive ketones (excluding diaryl/α,β-unsaturated/α-hetero) is 1. The molecular weight excluding hydrogens is 278 g/mol. The van der Waals surface area contributed by atoms with Crippen LogP contribution in [0.2, 0.25) is 0 Å². The lowest BCUT2D eigenvalue weighted by molar-refractivity contribution is -0.385. The highest BCUT2D eigenvalue weighted by Gasteiger charge is 2.24. The molecule has 0 bridgehead atoms. The van der Waals surface area contributed by atoms with Gasteiger partial charge in [0, 0.05) is 29.2 Å². The molecule has 0 N–H and O–H groups in total. The van der Waals surface area contributed by atoms with Gasteiger partial charge in [-0.2, -0.15) is 0 Å². The number of allylic oxidation sites excluding steroid dienone is 1. The maximum atomic E-state index is 12.3. The van der Waals surface area contributed by atoms with E-state index in [9.17, 15) is 14.9 Å². The molecule has 0 atom stereocenters. The molecule has 110 valence electrons. The molecule has 0 amide bonds. The van der Waals surface area contributed by atoms with Gasteiger partial charge in [0.2, 0.25) is 0 Å². The first-order valence-electron chi connectivity index (χ1n) is 7.20. The average molecular weight is 293 g/mol. The molecule has 2 aromatic rings. The molecule has 0 aliphatic heterocycles. The van der Waals surface area contributed by atoms with Gasteiger partial charge in [0.25, 0.3) is 5.69 Å². The zero-order valence-electron chi connectivity index (χ0n) is 12.2. The van der Waals surface area contributed by atoms with Gasteiger partial charge < -0.3 is 0 Å². The van der Waals surface area contributed by atoms with E-state index in [0.717, 1.165) is 11.1 Å². The average Bonchev–Trinajstić information content (AvgIpc) is 2.84. The molecule has 3 rings (SSSR count). The summed E-state index contributed by atoms with van der Waals surface area (Å²) in [7, 11) is 0. The minimum atomic E-state index is -0.369. The normalized spacial score (nSPS) is 15.1. The summed E-state index contributed by atoms with van der Waals surface area (Å²) in [6, 6.07) is 12.7. The summed E-state index contributed by atoms with van der Waals surface area (Å²) in [6.45, 7) is 1.89. The number of carbonyl (C=O) groups excluding carboxylic acids is 1. The zero-order valence-corrected chi connectivity index (χ0v) is 12.2. The second-order valence-corrected chi connectivity index (χ2v) is 5.33. The van der Waals surface area contributed by atoms with E-state index in [1.807, 2.05) is 37.3 Å². The van der Waals surface area contributed by atoms with Crippen LogP contribution in [-0.2, 0) is 12.8 Å². The lowest BCUT2D eigenvalue weighted by atomic mass is 10.0. The third-order valence-corrected chi connectivity index (χ3v) is 3.96. The Kier molecular flexibility index (Phi) is 3.59. The fraction of sp³-hybridized carbons (Fsp3) is 0.167. The van der Waals surface area contributed by atoms with E-state index in [2.05, 4.69) is 0 Å². The summed E-state index contributed by atoms with van der Waals surface area (Å²) in [5, 5.41) is 11.1. The second-order valence-electron chi connectivity index (χ2n) is 5.33. The minimum Gasteiger partial charge on any atom is -0.289 e. The van der Waals surface area contributed by atoms with Gasteiger partial charge in [0.05, 0.1) is 4.92 Å². The van der Waals surface area contributed by atoms with E-state index in [4.69, 9.17) is 0 Å². The molecule has 2 aromatic carbocycles. The van der Waals surface area contributed by atoms with Gasteiger partial charge in [-0.25, -0.2) is 0 Å². The van der Waals surface area contributed by atoms with E-state index in [-0.39, 0.29) is 16.4 Å². The number of rotatable bonds is 3. The first-order chi connectivity index (χ1) is 10.6. The molecule has 0 aromatic heterocycles. The van der Waals surface area contributed by atoms with E-state index in [1.54, 1.807) is 18.2 Å². The molecule has 0 saturated carbocycles. The van der Waals surface area contributed by atoms with Crippen LogP contribution in [0.4, 0.5) is 5.69 Å². The summed E-state index contributed by atoms with van der Waals surface area (Å²) in [6.07, 6.45) is 2.95. The highest BCUT2D eigenvalue weighted by molar-refractivity contribution is 6.15.